The first-order valence-corrected chi connectivity index (χ1v) is 4.09. The highest BCUT2D eigenvalue weighted by Crippen LogP contribution is 2.13. The third-order valence-electron chi connectivity index (χ3n) is 1.89. The smallest absolute Gasteiger partial charge is 0.315 e. The minimum Gasteiger partial charge on any atom is -0.315 e. The van der Waals surface area contributed by atoms with Gasteiger partial charge in [-0.3, -0.25) is 0 Å². The van der Waals surface area contributed by atoms with Gasteiger partial charge in [0.2, 0.25) is 0 Å². The Bertz CT molecular complexity index is 134. The third-order valence-corrected chi connectivity index (χ3v) is 1.89. The zero-order chi connectivity index (χ0) is 9.03. The van der Waals surface area contributed by atoms with E-state index in [1.54, 1.807) is 0 Å². The standard InChI is InChI=1S/C7H13F3N2.ClH/c8-7(9,10)5-12-6-2-1-3-11-4-6;/h6,11-12H,1-5H2;1H. The molecule has 1 saturated heterocycles. The van der Waals surface area contributed by atoms with Crippen LogP contribution in [-0.2, 0) is 0 Å². The Morgan fingerprint density at radius 3 is 2.54 bits per heavy atom. The predicted octanol–water partition coefficient (Wildman–Crippen LogP) is 1.31. The van der Waals surface area contributed by atoms with Crippen molar-refractivity contribution in [3.63, 3.8) is 0 Å². The van der Waals surface area contributed by atoms with E-state index in [2.05, 4.69) is 10.6 Å². The fourth-order valence-electron chi connectivity index (χ4n) is 1.29. The fourth-order valence-corrected chi connectivity index (χ4v) is 1.29. The summed E-state index contributed by atoms with van der Waals surface area (Å²) in [4.78, 5) is 0. The number of halogens is 4. The molecule has 0 radical (unpaired) electrons. The summed E-state index contributed by atoms with van der Waals surface area (Å²) in [7, 11) is 0. The van der Waals surface area contributed by atoms with Gasteiger partial charge in [-0.15, -0.1) is 12.4 Å². The molecule has 6 heteroatoms. The van der Waals surface area contributed by atoms with Crippen molar-refractivity contribution in [3.05, 3.63) is 0 Å². The van der Waals surface area contributed by atoms with Gasteiger partial charge in [0, 0.05) is 12.6 Å². The Labute approximate surface area is 81.7 Å². The van der Waals surface area contributed by atoms with E-state index in [4.69, 9.17) is 0 Å². The Balaban J connectivity index is 0.00000144. The number of alkyl halides is 3. The average molecular weight is 219 g/mol. The minimum absolute atomic E-state index is 0. The van der Waals surface area contributed by atoms with Crippen LogP contribution >= 0.6 is 12.4 Å². The van der Waals surface area contributed by atoms with Gasteiger partial charge < -0.3 is 10.6 Å². The van der Waals surface area contributed by atoms with Crippen LogP contribution in [0.5, 0.6) is 0 Å². The van der Waals surface area contributed by atoms with Crippen LogP contribution in [0.1, 0.15) is 12.8 Å². The molecule has 80 valence electrons. The molecule has 0 saturated carbocycles. The maximum absolute atomic E-state index is 11.7. The Morgan fingerprint density at radius 1 is 1.38 bits per heavy atom. The second kappa shape index (κ2) is 5.67. The van der Waals surface area contributed by atoms with Gasteiger partial charge >= 0.3 is 6.18 Å². The van der Waals surface area contributed by atoms with Gasteiger partial charge in [-0.2, -0.15) is 13.2 Å². The van der Waals surface area contributed by atoms with Gasteiger partial charge in [0.25, 0.3) is 0 Å². The first-order chi connectivity index (χ1) is 5.58. The molecule has 1 rings (SSSR count). The van der Waals surface area contributed by atoms with Gasteiger partial charge in [0.15, 0.2) is 0 Å². The van der Waals surface area contributed by atoms with Gasteiger partial charge in [-0.05, 0) is 19.4 Å². The van der Waals surface area contributed by atoms with E-state index >= 15 is 0 Å². The van der Waals surface area contributed by atoms with Crippen LogP contribution < -0.4 is 10.6 Å². The summed E-state index contributed by atoms with van der Waals surface area (Å²) in [6.07, 6.45) is -2.30. The van der Waals surface area contributed by atoms with E-state index in [-0.39, 0.29) is 18.4 Å². The molecule has 1 heterocycles. The lowest BCUT2D eigenvalue weighted by molar-refractivity contribution is -0.126. The molecule has 1 atom stereocenters. The van der Waals surface area contributed by atoms with E-state index in [1.165, 1.54) is 0 Å². The molecule has 1 aliphatic heterocycles. The molecular formula is C7H14ClF3N2. The quantitative estimate of drug-likeness (QED) is 0.731. The summed E-state index contributed by atoms with van der Waals surface area (Å²) < 4.78 is 35.2. The van der Waals surface area contributed by atoms with Gasteiger partial charge in [-0.1, -0.05) is 0 Å². The maximum Gasteiger partial charge on any atom is 0.401 e. The molecule has 0 aromatic rings. The van der Waals surface area contributed by atoms with Gasteiger partial charge in [-0.25, -0.2) is 0 Å². The first kappa shape index (κ1) is 13.0. The molecule has 0 aromatic carbocycles. The molecule has 2 nitrogen and oxygen atoms in total. The largest absolute Gasteiger partial charge is 0.401 e. The third kappa shape index (κ3) is 6.12. The van der Waals surface area contributed by atoms with Gasteiger partial charge in [0.05, 0.1) is 6.54 Å². The highest BCUT2D eigenvalue weighted by Gasteiger charge is 2.28. The predicted molar refractivity (Wildman–Crippen MR) is 47.2 cm³/mol. The molecule has 2 N–H and O–H groups in total. The highest BCUT2D eigenvalue weighted by molar-refractivity contribution is 5.85. The minimum atomic E-state index is -4.09. The van der Waals surface area contributed by atoms with E-state index in [0.29, 0.717) is 6.54 Å². The molecule has 13 heavy (non-hydrogen) atoms. The van der Waals surface area contributed by atoms with Crippen LogP contribution in [0, 0.1) is 0 Å². The second-order valence-corrected chi connectivity index (χ2v) is 3.04. The van der Waals surface area contributed by atoms with Crippen molar-refractivity contribution in [2.45, 2.75) is 25.1 Å². The van der Waals surface area contributed by atoms with Crippen molar-refractivity contribution >= 4 is 12.4 Å². The Morgan fingerprint density at radius 2 is 2.08 bits per heavy atom. The first-order valence-electron chi connectivity index (χ1n) is 4.09. The monoisotopic (exact) mass is 218 g/mol. The Hall–Kier alpha value is -0.0000000000000000416. The van der Waals surface area contributed by atoms with Crippen molar-refractivity contribution in [1.82, 2.24) is 10.6 Å². The lowest BCUT2D eigenvalue weighted by Gasteiger charge is -2.24. The summed E-state index contributed by atoms with van der Waals surface area (Å²) in [5.41, 5.74) is 0. The molecule has 0 amide bonds. The second-order valence-electron chi connectivity index (χ2n) is 3.04. The lowest BCUT2D eigenvalue weighted by atomic mass is 10.1. The molecular weight excluding hydrogens is 205 g/mol. The molecule has 0 spiro atoms. The number of nitrogens with one attached hydrogen (secondary N) is 2. The maximum atomic E-state index is 11.7. The molecule has 0 bridgehead atoms. The van der Waals surface area contributed by atoms with Crippen LogP contribution in [0.2, 0.25) is 0 Å². The SMILES string of the molecule is Cl.FC(F)(F)CNC1CCCNC1. The summed E-state index contributed by atoms with van der Waals surface area (Å²) in [6, 6.07) is -0.0135. The molecule has 0 aromatic heterocycles. The van der Waals surface area contributed by atoms with E-state index < -0.39 is 12.7 Å². The van der Waals surface area contributed by atoms with Crippen LogP contribution in [0.4, 0.5) is 13.2 Å². The molecule has 1 fully saturated rings. The number of hydrogen-bond acceptors (Lipinski definition) is 2. The topological polar surface area (TPSA) is 24.1 Å². The highest BCUT2D eigenvalue weighted by atomic mass is 35.5. The summed E-state index contributed by atoms with van der Waals surface area (Å²) in [5, 5.41) is 5.52. The fraction of sp³-hybridized carbons (Fsp3) is 1.00. The number of piperidine rings is 1. The molecule has 0 aliphatic carbocycles. The zero-order valence-corrected chi connectivity index (χ0v) is 7.97. The van der Waals surface area contributed by atoms with Crippen molar-refractivity contribution < 1.29 is 13.2 Å². The van der Waals surface area contributed by atoms with Crippen LogP contribution in [0.15, 0.2) is 0 Å². The van der Waals surface area contributed by atoms with Gasteiger partial charge in [0.1, 0.15) is 0 Å². The van der Waals surface area contributed by atoms with E-state index in [0.717, 1.165) is 19.4 Å². The van der Waals surface area contributed by atoms with Crippen LogP contribution in [0.25, 0.3) is 0 Å². The Kier molecular flexibility index (Phi) is 5.67. The number of hydrogen-bond donors (Lipinski definition) is 2. The van der Waals surface area contributed by atoms with E-state index in [9.17, 15) is 13.2 Å². The summed E-state index contributed by atoms with van der Waals surface area (Å²) in [5.74, 6) is 0. The average Bonchev–Trinajstić information content (AvgIpc) is 2.02. The number of rotatable bonds is 2. The van der Waals surface area contributed by atoms with Crippen molar-refractivity contribution in [2.24, 2.45) is 0 Å². The van der Waals surface area contributed by atoms with Crippen molar-refractivity contribution in [2.75, 3.05) is 19.6 Å². The zero-order valence-electron chi connectivity index (χ0n) is 7.16. The molecule has 1 aliphatic rings. The van der Waals surface area contributed by atoms with E-state index in [1.807, 2.05) is 0 Å². The van der Waals surface area contributed by atoms with Crippen LogP contribution in [-0.4, -0.2) is 31.9 Å². The lowest BCUT2D eigenvalue weighted by Crippen LogP contribution is -2.46. The normalized spacial score (nSPS) is 23.8. The van der Waals surface area contributed by atoms with Crippen molar-refractivity contribution in [1.29, 1.82) is 0 Å². The molecule has 1 unspecified atom stereocenters. The summed E-state index contributed by atoms with van der Waals surface area (Å²) in [6.45, 7) is 0.694. The van der Waals surface area contributed by atoms with Crippen LogP contribution in [0.3, 0.4) is 0 Å². The summed E-state index contributed by atoms with van der Waals surface area (Å²) >= 11 is 0. The van der Waals surface area contributed by atoms with Crippen molar-refractivity contribution in [3.8, 4) is 0 Å².